The second-order valence-electron chi connectivity index (χ2n) is 7.92. The summed E-state index contributed by atoms with van der Waals surface area (Å²) < 4.78 is 0. The summed E-state index contributed by atoms with van der Waals surface area (Å²) in [6.45, 7) is 9.34. The lowest BCUT2D eigenvalue weighted by Crippen LogP contribution is -2.28. The quantitative estimate of drug-likeness (QED) is 0.416. The van der Waals surface area contributed by atoms with E-state index in [0.717, 1.165) is 23.5 Å². The van der Waals surface area contributed by atoms with Crippen molar-refractivity contribution in [1.82, 2.24) is 0 Å². The van der Waals surface area contributed by atoms with Gasteiger partial charge in [-0.1, -0.05) is 37.9 Å². The molecule has 0 aromatic rings. The Balaban J connectivity index is 2.09. The van der Waals surface area contributed by atoms with Crippen LogP contribution in [0.2, 0.25) is 0 Å². The highest BCUT2D eigenvalue weighted by molar-refractivity contribution is 5.93. The largest absolute Gasteiger partial charge is 0.411 e. The van der Waals surface area contributed by atoms with Crippen LogP contribution in [-0.2, 0) is 0 Å². The predicted molar refractivity (Wildman–Crippen MR) is 78.4 cm³/mol. The zero-order valence-corrected chi connectivity index (χ0v) is 12.7. The van der Waals surface area contributed by atoms with Crippen molar-refractivity contribution in [1.29, 1.82) is 0 Å². The molecule has 4 atom stereocenters. The Bertz CT molecular complexity index is 448. The van der Waals surface area contributed by atoms with Crippen LogP contribution in [-0.4, -0.2) is 10.9 Å². The van der Waals surface area contributed by atoms with E-state index in [0.29, 0.717) is 10.8 Å². The molecule has 0 aromatic heterocycles. The molecule has 106 valence electrons. The minimum Gasteiger partial charge on any atom is -0.411 e. The first-order valence-electron chi connectivity index (χ1n) is 7.81. The van der Waals surface area contributed by atoms with Crippen molar-refractivity contribution >= 4 is 5.71 Å². The molecule has 19 heavy (non-hydrogen) atoms. The second-order valence-corrected chi connectivity index (χ2v) is 7.92. The molecule has 1 N–H and O–H groups in total. The van der Waals surface area contributed by atoms with Crippen molar-refractivity contribution in [3.63, 3.8) is 0 Å². The molecule has 0 radical (unpaired) electrons. The van der Waals surface area contributed by atoms with E-state index in [1.807, 2.05) is 6.92 Å². The highest BCUT2D eigenvalue weighted by Gasteiger charge is 2.62. The smallest absolute Gasteiger partial charge is 0.0764 e. The third-order valence-corrected chi connectivity index (χ3v) is 6.47. The van der Waals surface area contributed by atoms with E-state index >= 15 is 0 Å². The summed E-state index contributed by atoms with van der Waals surface area (Å²) in [7, 11) is 0. The highest BCUT2D eigenvalue weighted by Crippen LogP contribution is 2.70. The summed E-state index contributed by atoms with van der Waals surface area (Å²) in [5.41, 5.74) is 3.21. The molecular formula is C17H27NO. The minimum atomic E-state index is 0.368. The molecule has 0 heterocycles. The Morgan fingerprint density at radius 2 is 2.00 bits per heavy atom. The maximum absolute atomic E-state index is 8.99. The maximum atomic E-state index is 8.99. The van der Waals surface area contributed by atoms with Gasteiger partial charge in [0.25, 0.3) is 0 Å². The van der Waals surface area contributed by atoms with E-state index in [1.165, 1.54) is 32.1 Å². The van der Waals surface area contributed by atoms with Gasteiger partial charge in [0.05, 0.1) is 5.71 Å². The first-order valence-corrected chi connectivity index (χ1v) is 7.81. The Labute approximate surface area is 117 Å². The summed E-state index contributed by atoms with van der Waals surface area (Å²) in [5, 5.41) is 12.4. The van der Waals surface area contributed by atoms with Crippen LogP contribution in [0.1, 0.15) is 59.8 Å². The van der Waals surface area contributed by atoms with Crippen molar-refractivity contribution in [2.45, 2.75) is 59.8 Å². The lowest BCUT2D eigenvalue weighted by Gasteiger charge is -2.36. The molecule has 0 aliphatic heterocycles. The van der Waals surface area contributed by atoms with Gasteiger partial charge in [-0.3, -0.25) is 0 Å². The fraction of sp³-hybridized carbons (Fsp3) is 0.824. The van der Waals surface area contributed by atoms with Gasteiger partial charge < -0.3 is 5.21 Å². The van der Waals surface area contributed by atoms with Gasteiger partial charge in [-0.05, 0) is 67.3 Å². The number of allylic oxidation sites excluding steroid dienone is 2. The monoisotopic (exact) mass is 261 g/mol. The van der Waals surface area contributed by atoms with E-state index in [4.69, 9.17) is 5.21 Å². The molecule has 2 heteroatoms. The average Bonchev–Trinajstić information content (AvgIpc) is 2.84. The normalized spacial score (nSPS) is 46.6. The van der Waals surface area contributed by atoms with Gasteiger partial charge in [-0.25, -0.2) is 0 Å². The molecule has 0 aromatic carbocycles. The molecule has 0 saturated heterocycles. The second kappa shape index (κ2) is 4.10. The number of nitrogens with zero attached hydrogens (tertiary/aromatic N) is 1. The fourth-order valence-electron chi connectivity index (χ4n) is 5.72. The van der Waals surface area contributed by atoms with Crippen LogP contribution in [0.4, 0.5) is 0 Å². The molecule has 3 rings (SSSR count). The zero-order chi connectivity index (χ0) is 13.8. The number of rotatable bonds is 1. The number of oxime groups is 1. The molecule has 3 saturated carbocycles. The fourth-order valence-corrected chi connectivity index (χ4v) is 5.72. The van der Waals surface area contributed by atoms with Gasteiger partial charge in [0.1, 0.15) is 0 Å². The lowest BCUT2D eigenvalue weighted by molar-refractivity contribution is 0.141. The molecule has 0 unspecified atom stereocenters. The predicted octanol–water partition coefficient (Wildman–Crippen LogP) is 4.64. The minimum absolute atomic E-state index is 0.368. The topological polar surface area (TPSA) is 32.6 Å². The molecule has 0 spiro atoms. The summed E-state index contributed by atoms with van der Waals surface area (Å²) in [4.78, 5) is 0. The zero-order valence-electron chi connectivity index (χ0n) is 12.7. The molecule has 0 amide bonds. The van der Waals surface area contributed by atoms with Crippen molar-refractivity contribution < 1.29 is 5.21 Å². The van der Waals surface area contributed by atoms with Crippen LogP contribution in [0, 0.1) is 28.6 Å². The summed E-state index contributed by atoms with van der Waals surface area (Å²) in [6.07, 6.45) is 8.98. The first-order chi connectivity index (χ1) is 8.90. The Hall–Kier alpha value is -0.790. The summed E-state index contributed by atoms with van der Waals surface area (Å²) in [6, 6.07) is 0. The third kappa shape index (κ3) is 1.71. The molecule has 3 fully saturated rings. The van der Waals surface area contributed by atoms with Crippen LogP contribution in [0.25, 0.3) is 0 Å². The number of hydrogen-bond donors (Lipinski definition) is 1. The standard InChI is InChI=1S/C17H27NO/c1-11(18-19)10-14-12-6-7-13-15(12)16(2,3)8-5-9-17(13,14)4/h10,12-13,15,19H,5-9H2,1-4H3/b14-10-,18-11+/t12-,13-,15-,17+/m1/s1. The third-order valence-electron chi connectivity index (χ3n) is 6.47. The van der Waals surface area contributed by atoms with E-state index in [2.05, 4.69) is 32.0 Å². The van der Waals surface area contributed by atoms with Gasteiger partial charge >= 0.3 is 0 Å². The molecule has 2 nitrogen and oxygen atoms in total. The van der Waals surface area contributed by atoms with Crippen molar-refractivity contribution in [2.24, 2.45) is 33.7 Å². The van der Waals surface area contributed by atoms with Gasteiger partial charge in [-0.2, -0.15) is 0 Å². The van der Waals surface area contributed by atoms with E-state index in [1.54, 1.807) is 5.57 Å². The van der Waals surface area contributed by atoms with Crippen LogP contribution in [0.5, 0.6) is 0 Å². The van der Waals surface area contributed by atoms with Crippen molar-refractivity contribution in [3.05, 3.63) is 11.6 Å². The van der Waals surface area contributed by atoms with Gasteiger partial charge in [-0.15, -0.1) is 0 Å². The molecule has 3 aliphatic rings. The Kier molecular flexibility index (Phi) is 2.85. The van der Waals surface area contributed by atoms with Crippen LogP contribution in [0.3, 0.4) is 0 Å². The molecule has 4 bridgehead atoms. The van der Waals surface area contributed by atoms with Crippen LogP contribution >= 0.6 is 0 Å². The molecule has 3 aliphatic carbocycles. The van der Waals surface area contributed by atoms with E-state index < -0.39 is 0 Å². The average molecular weight is 261 g/mol. The Morgan fingerprint density at radius 3 is 2.68 bits per heavy atom. The van der Waals surface area contributed by atoms with Gasteiger partial charge in [0.15, 0.2) is 0 Å². The van der Waals surface area contributed by atoms with E-state index in [-0.39, 0.29) is 0 Å². The SMILES string of the molecule is CC(/C=C1/[C@H]2CC[C@@H]3[C@@H]2C(C)(C)CCC[C@]13C)=N\O. The van der Waals surface area contributed by atoms with Crippen LogP contribution in [0.15, 0.2) is 16.8 Å². The van der Waals surface area contributed by atoms with E-state index in [9.17, 15) is 0 Å². The first kappa shape index (κ1) is 13.2. The maximum Gasteiger partial charge on any atom is 0.0764 e. The lowest BCUT2D eigenvalue weighted by atomic mass is 9.68. The highest BCUT2D eigenvalue weighted by atomic mass is 16.4. The van der Waals surface area contributed by atoms with Crippen LogP contribution < -0.4 is 0 Å². The van der Waals surface area contributed by atoms with Crippen molar-refractivity contribution in [3.8, 4) is 0 Å². The van der Waals surface area contributed by atoms with Gasteiger partial charge in [0, 0.05) is 0 Å². The van der Waals surface area contributed by atoms with Crippen molar-refractivity contribution in [2.75, 3.05) is 0 Å². The van der Waals surface area contributed by atoms with Gasteiger partial charge in [0.2, 0.25) is 0 Å². The molecular weight excluding hydrogens is 234 g/mol. The Morgan fingerprint density at radius 1 is 1.26 bits per heavy atom. The summed E-state index contributed by atoms with van der Waals surface area (Å²) in [5.74, 6) is 2.44. The summed E-state index contributed by atoms with van der Waals surface area (Å²) >= 11 is 0. The number of hydrogen-bond acceptors (Lipinski definition) is 2.